The van der Waals surface area contributed by atoms with Gasteiger partial charge in [-0.25, -0.2) is 39.9 Å². The molecule has 3 atom stereocenters. The van der Waals surface area contributed by atoms with Crippen LogP contribution in [0.2, 0.25) is 5.02 Å². The van der Waals surface area contributed by atoms with Crippen molar-refractivity contribution in [2.24, 2.45) is 10.9 Å². The van der Waals surface area contributed by atoms with E-state index in [1.807, 2.05) is 160 Å². The Kier molecular flexibility index (Phi) is 31.0. The lowest BCUT2D eigenvalue weighted by molar-refractivity contribution is 0.0832. The fourth-order valence-electron chi connectivity index (χ4n) is 8.76. The fourth-order valence-corrected chi connectivity index (χ4v) is 8.84. The Morgan fingerprint density at radius 1 is 0.494 bits per heavy atom. The maximum Gasteiger partial charge on any atom is 0.125 e. The minimum atomic E-state index is -0.198. The summed E-state index contributed by atoms with van der Waals surface area (Å²) in [7, 11) is 1.65. The maximum absolute atomic E-state index is 10.1. The van der Waals surface area contributed by atoms with Gasteiger partial charge in [-0.2, -0.15) is 10.2 Å². The number of ether oxygens (including phenoxy) is 1. The predicted octanol–water partition coefficient (Wildman–Crippen LogP) is 12.6. The molecule has 0 spiro atoms. The molecule has 1 saturated carbocycles. The SMILES string of the molecule is CC1=c2ccccc2=NC2CCCC(O)C12.COCc1nccnc1C.Cc1cc(C)c2ccccc2n1.Cc1ccnnc1C.Cc1cnc(C)c(C)n1.Cc1cncnc1C.Cc1cncnc1C.Cc1cncnc1C.Cc1nc(C)c(Cl)c(C)n1. The number of aliphatic hydroxyl groups excluding tert-OH is 1. The molecule has 2 aromatic carbocycles. The minimum Gasteiger partial charge on any atom is -0.392 e. The lowest BCUT2D eigenvalue weighted by Gasteiger charge is -2.35. The van der Waals surface area contributed by atoms with Gasteiger partial charge < -0.3 is 9.84 Å². The molecule has 18 nitrogen and oxygen atoms in total. The Balaban J connectivity index is 0.000000216. The third-order valence-electron chi connectivity index (χ3n) is 14.5. The summed E-state index contributed by atoms with van der Waals surface area (Å²) in [5, 5.41) is 21.9. The van der Waals surface area contributed by atoms with Crippen LogP contribution in [-0.4, -0.2) is 99.4 Å². The molecule has 0 saturated heterocycles. The van der Waals surface area contributed by atoms with E-state index >= 15 is 0 Å². The largest absolute Gasteiger partial charge is 0.392 e. The van der Waals surface area contributed by atoms with Gasteiger partial charge in [0.25, 0.3) is 0 Å². The Hall–Kier alpha value is -8.71. The van der Waals surface area contributed by atoms with Gasteiger partial charge in [0.15, 0.2) is 0 Å². The van der Waals surface area contributed by atoms with E-state index in [2.05, 4.69) is 119 Å². The van der Waals surface area contributed by atoms with Gasteiger partial charge >= 0.3 is 0 Å². The highest BCUT2D eigenvalue weighted by molar-refractivity contribution is 6.31. The molecule has 10 aromatic rings. The minimum absolute atomic E-state index is 0.198. The van der Waals surface area contributed by atoms with Crippen LogP contribution in [0.5, 0.6) is 0 Å². The molecular formula is C70H89ClN16O2. The first-order valence-electron chi connectivity index (χ1n) is 29.5. The number of aliphatic hydroxyl groups is 1. The van der Waals surface area contributed by atoms with Gasteiger partial charge in [0, 0.05) is 84.6 Å². The number of nitrogens with zero attached hydrogens (tertiary/aromatic N) is 16. The van der Waals surface area contributed by atoms with Crippen molar-refractivity contribution in [3.05, 3.63) is 241 Å². The number of para-hydroxylation sites is 2. The molecule has 0 radical (unpaired) electrons. The van der Waals surface area contributed by atoms with E-state index in [0.717, 1.165) is 121 Å². The van der Waals surface area contributed by atoms with Crippen molar-refractivity contribution in [2.75, 3.05) is 7.11 Å². The van der Waals surface area contributed by atoms with Gasteiger partial charge in [-0.15, -0.1) is 0 Å². The van der Waals surface area contributed by atoms with Crippen molar-refractivity contribution in [1.82, 2.24) is 75.0 Å². The second-order valence-electron chi connectivity index (χ2n) is 21.7. The standard InChI is InChI=1S/C14H17NO.C11H11N.C7H9ClN2.C7H10N2O.C7H10N2.4C6H8N2/c1-9-10-5-2-3-6-11(10)15-12-7-4-8-13(16)14(9)12;1-8-7-9(2)12-11-6-4-3-5-10(8)11;1-4-7(8)5(2)10-6(3)9-4;1-6-7(5-10-2)9-4-3-8-6;1-5-4-8-6(2)7(3)9-5;3*1-5-3-7-4-8-6(5)2;1-5-3-4-7-8-6(5)2/h2-3,5-6,12-14,16H,4,7-8H2,1H3;3-7H,1-2H3;1-3H3;3-4H,5H2,1-2H3;4H,1-3H3;4*3-4H,1-2H3. The van der Waals surface area contributed by atoms with Crippen LogP contribution in [0.3, 0.4) is 0 Å². The average Bonchev–Trinajstić information content (AvgIpc) is 1.67. The van der Waals surface area contributed by atoms with Crippen LogP contribution in [0.4, 0.5) is 0 Å². The topological polar surface area (TPSA) is 235 Å². The van der Waals surface area contributed by atoms with Crippen LogP contribution < -0.4 is 10.6 Å². The Labute approximate surface area is 531 Å². The molecule has 468 valence electrons. The summed E-state index contributed by atoms with van der Waals surface area (Å²) in [6, 6.07) is 20.9. The molecular weight excluding hydrogens is 1130 g/mol. The van der Waals surface area contributed by atoms with Crippen LogP contribution in [0.25, 0.3) is 16.5 Å². The predicted molar refractivity (Wildman–Crippen MR) is 356 cm³/mol. The van der Waals surface area contributed by atoms with Crippen LogP contribution in [-0.2, 0) is 11.3 Å². The summed E-state index contributed by atoms with van der Waals surface area (Å²) in [5.74, 6) is 1.03. The maximum atomic E-state index is 10.1. The number of pyridine rings is 1. The first-order chi connectivity index (χ1) is 42.4. The summed E-state index contributed by atoms with van der Waals surface area (Å²) in [5.41, 5.74) is 20.2. The molecule has 1 aliphatic heterocycles. The summed E-state index contributed by atoms with van der Waals surface area (Å²) in [6.07, 6.45) is 19.9. The lowest BCUT2D eigenvalue weighted by Crippen LogP contribution is -2.45. The smallest absolute Gasteiger partial charge is 0.125 e. The zero-order valence-corrected chi connectivity index (χ0v) is 56.3. The van der Waals surface area contributed by atoms with Gasteiger partial charge in [0.05, 0.1) is 80.2 Å². The van der Waals surface area contributed by atoms with Gasteiger partial charge in [0.1, 0.15) is 24.8 Å². The van der Waals surface area contributed by atoms with Gasteiger partial charge in [0.2, 0.25) is 0 Å². The molecule has 19 heteroatoms. The summed E-state index contributed by atoms with van der Waals surface area (Å²) < 4.78 is 4.91. The van der Waals surface area contributed by atoms with Crippen molar-refractivity contribution >= 4 is 28.1 Å². The van der Waals surface area contributed by atoms with E-state index in [0.29, 0.717) is 17.7 Å². The molecule has 2 aliphatic rings. The highest BCUT2D eigenvalue weighted by atomic mass is 35.5. The number of aryl methyl sites for hydroxylation is 17. The molecule has 1 fully saturated rings. The van der Waals surface area contributed by atoms with Crippen molar-refractivity contribution in [3.63, 3.8) is 0 Å². The summed E-state index contributed by atoms with van der Waals surface area (Å²) >= 11 is 5.82. The van der Waals surface area contributed by atoms with Crippen LogP contribution >= 0.6 is 11.6 Å². The molecule has 0 amide bonds. The first kappa shape index (κ1) is 72.8. The second kappa shape index (κ2) is 37.9. The van der Waals surface area contributed by atoms with Crippen LogP contribution in [0.1, 0.15) is 128 Å². The van der Waals surface area contributed by atoms with Crippen molar-refractivity contribution < 1.29 is 9.84 Å². The molecule has 3 unspecified atom stereocenters. The van der Waals surface area contributed by atoms with E-state index in [1.54, 1.807) is 50.9 Å². The molecule has 9 heterocycles. The summed E-state index contributed by atoms with van der Waals surface area (Å²) in [4.78, 5) is 57.3. The normalized spacial score (nSPS) is 13.8. The zero-order valence-electron chi connectivity index (χ0n) is 55.5. The number of rotatable bonds is 2. The van der Waals surface area contributed by atoms with Gasteiger partial charge in [-0.1, -0.05) is 53.6 Å². The van der Waals surface area contributed by atoms with Crippen LogP contribution in [0, 0.1) is 124 Å². The Morgan fingerprint density at radius 3 is 1.55 bits per heavy atom. The summed E-state index contributed by atoms with van der Waals surface area (Å²) in [6.45, 7) is 36.1. The van der Waals surface area contributed by atoms with Crippen molar-refractivity contribution in [2.45, 2.75) is 163 Å². The molecule has 12 rings (SSSR count). The van der Waals surface area contributed by atoms with Crippen molar-refractivity contribution in [1.29, 1.82) is 0 Å². The van der Waals surface area contributed by atoms with Crippen molar-refractivity contribution in [3.8, 4) is 0 Å². The quantitative estimate of drug-likeness (QED) is 0.169. The molecule has 0 bridgehead atoms. The molecule has 89 heavy (non-hydrogen) atoms. The number of benzene rings is 2. The van der Waals surface area contributed by atoms with E-state index in [-0.39, 0.29) is 12.0 Å². The number of hydrogen-bond acceptors (Lipinski definition) is 18. The number of aromatic nitrogens is 15. The first-order valence-corrected chi connectivity index (χ1v) is 29.9. The third kappa shape index (κ3) is 24.8. The van der Waals surface area contributed by atoms with E-state index in [9.17, 15) is 5.11 Å². The number of fused-ring (bicyclic) bond motifs is 3. The zero-order chi connectivity index (χ0) is 65.6. The number of methoxy groups -OCH3 is 1. The van der Waals surface area contributed by atoms with E-state index in [1.165, 1.54) is 27.3 Å². The molecule has 1 N–H and O–H groups in total. The number of hydrogen-bond donors (Lipinski definition) is 1. The van der Waals surface area contributed by atoms with Crippen LogP contribution in [0.15, 0.2) is 128 Å². The van der Waals surface area contributed by atoms with Gasteiger partial charge in [-0.3, -0.25) is 29.9 Å². The van der Waals surface area contributed by atoms with Gasteiger partial charge in [-0.05, 0) is 201 Å². The third-order valence-corrected chi connectivity index (χ3v) is 15.1. The monoisotopic (exact) mass is 1220 g/mol. The average molecular weight is 1220 g/mol. The fraction of sp³-hybridized carbons (Fsp3) is 0.371. The van der Waals surface area contributed by atoms with E-state index in [4.69, 9.17) is 21.3 Å². The lowest BCUT2D eigenvalue weighted by atomic mass is 9.76. The Bertz CT molecular complexity index is 3660. The highest BCUT2D eigenvalue weighted by Gasteiger charge is 2.34. The highest BCUT2D eigenvalue weighted by Crippen LogP contribution is 2.33. The molecule has 1 aliphatic carbocycles. The second-order valence-corrected chi connectivity index (χ2v) is 22.0. The Morgan fingerprint density at radius 2 is 1.06 bits per heavy atom. The van der Waals surface area contributed by atoms with E-state index < -0.39 is 0 Å². The molecule has 8 aromatic heterocycles. The number of halogens is 1.